The smallest absolute Gasteiger partial charge is 0.388 e. The molecule has 2 aromatic heterocycles. The molecule has 2 aliphatic heterocycles. The van der Waals surface area contributed by atoms with Crippen molar-refractivity contribution in [2.24, 2.45) is 11.3 Å². The Morgan fingerprint density at radius 3 is 2.46 bits per heavy atom. The molecule has 8 heteroatoms. The van der Waals surface area contributed by atoms with Crippen LogP contribution in [-0.2, 0) is 27.7 Å². The molecule has 4 atom stereocenters. The summed E-state index contributed by atoms with van der Waals surface area (Å²) in [5, 5.41) is 11.5. The van der Waals surface area contributed by atoms with Gasteiger partial charge in [-0.05, 0) is 74.0 Å². The summed E-state index contributed by atoms with van der Waals surface area (Å²) < 4.78 is 52.6. The highest BCUT2D eigenvalue weighted by molar-refractivity contribution is 5.54. The summed E-state index contributed by atoms with van der Waals surface area (Å²) in [6, 6.07) is 2.54. The number of nitrogens with zero attached hydrogens (tertiary/aromatic N) is 2. The van der Waals surface area contributed by atoms with Gasteiger partial charge in [0.05, 0.1) is 28.7 Å². The summed E-state index contributed by atoms with van der Waals surface area (Å²) in [4.78, 5) is 9.55. The van der Waals surface area contributed by atoms with Gasteiger partial charge in [-0.3, -0.25) is 9.97 Å². The van der Waals surface area contributed by atoms with Crippen molar-refractivity contribution in [2.75, 3.05) is 13.2 Å². The van der Waals surface area contributed by atoms with E-state index in [-0.39, 0.29) is 17.3 Å². The fourth-order valence-corrected chi connectivity index (χ4v) is 7.29. The van der Waals surface area contributed by atoms with Crippen LogP contribution in [-0.4, -0.2) is 28.3 Å². The first-order valence-corrected chi connectivity index (χ1v) is 13.5. The number of aliphatic hydroxyl groups excluding tert-OH is 1. The van der Waals surface area contributed by atoms with Gasteiger partial charge in [-0.15, -0.1) is 0 Å². The molecule has 2 aliphatic carbocycles. The van der Waals surface area contributed by atoms with E-state index in [1.54, 1.807) is 0 Å². The molecule has 1 saturated carbocycles. The van der Waals surface area contributed by atoms with E-state index in [1.165, 1.54) is 6.07 Å². The van der Waals surface area contributed by atoms with Crippen LogP contribution >= 0.6 is 0 Å². The number of hydrogen-bond donors (Lipinski definition) is 1. The van der Waals surface area contributed by atoms with Crippen molar-refractivity contribution in [3.8, 4) is 0 Å². The second-order valence-corrected chi connectivity index (χ2v) is 12.2. The van der Waals surface area contributed by atoms with Gasteiger partial charge < -0.3 is 14.6 Å². The van der Waals surface area contributed by atoms with Crippen molar-refractivity contribution >= 4 is 0 Å². The normalized spacial score (nSPS) is 31.5. The second kappa shape index (κ2) is 8.75. The van der Waals surface area contributed by atoms with E-state index < -0.39 is 29.5 Å². The molecule has 4 aliphatic rings. The lowest BCUT2D eigenvalue weighted by molar-refractivity contribution is -0.137. The Kier molecular flexibility index (Phi) is 5.97. The summed E-state index contributed by atoms with van der Waals surface area (Å²) in [7, 11) is 0. The number of aromatic nitrogens is 2. The summed E-state index contributed by atoms with van der Waals surface area (Å²) in [6.07, 6.45) is 1.07. The number of pyridine rings is 2. The van der Waals surface area contributed by atoms with Crippen LogP contribution in [0.1, 0.15) is 117 Å². The van der Waals surface area contributed by atoms with Crippen molar-refractivity contribution in [1.29, 1.82) is 0 Å². The maximum Gasteiger partial charge on any atom is 0.417 e. The van der Waals surface area contributed by atoms with Crippen molar-refractivity contribution in [3.63, 3.8) is 0 Å². The predicted molar refractivity (Wildman–Crippen MR) is 131 cm³/mol. The number of ether oxygens (including phenoxy) is 2. The molecule has 0 radical (unpaired) electrons. The van der Waals surface area contributed by atoms with Crippen LogP contribution in [0.15, 0.2) is 18.3 Å². The van der Waals surface area contributed by atoms with Gasteiger partial charge in [-0.2, -0.15) is 13.2 Å². The molecular weight excluding hydrogens is 481 g/mol. The minimum absolute atomic E-state index is 0.0805. The highest BCUT2D eigenvalue weighted by Gasteiger charge is 2.56. The molecule has 2 fully saturated rings. The molecule has 4 unspecified atom stereocenters. The zero-order chi connectivity index (χ0) is 26.2. The van der Waals surface area contributed by atoms with Gasteiger partial charge >= 0.3 is 6.18 Å². The Morgan fingerprint density at radius 2 is 1.84 bits per heavy atom. The number of rotatable bonds is 2. The SMILES string of the molecule is CC1CCCC12OC(c1ccc(C(F)(F)F)cn1)c1c(C3CCOCC3)nc3c(c12)C(O)CC(C)(C)C3. The topological polar surface area (TPSA) is 64.5 Å². The van der Waals surface area contributed by atoms with Crippen molar-refractivity contribution in [3.05, 3.63) is 57.7 Å². The Hall–Kier alpha value is -2.03. The monoisotopic (exact) mass is 516 g/mol. The summed E-state index contributed by atoms with van der Waals surface area (Å²) >= 11 is 0. The first-order valence-electron chi connectivity index (χ1n) is 13.5. The maximum atomic E-state index is 13.3. The standard InChI is InChI=1S/C29H35F3N2O3/c1-16-5-4-10-28(16)24-22-20(13-27(2,3)14-21(22)35)34-25(17-8-11-36-12-9-17)23(24)26(37-28)19-7-6-18(15-33-19)29(30,31)32/h6-7,15-17,21,26,35H,4-5,8-14H2,1-3H3. The third-order valence-electron chi connectivity index (χ3n) is 9.09. The quantitative estimate of drug-likeness (QED) is 0.492. The predicted octanol–water partition coefficient (Wildman–Crippen LogP) is 6.53. The van der Waals surface area contributed by atoms with Crippen LogP contribution in [0.4, 0.5) is 13.2 Å². The number of aliphatic hydroxyl groups is 1. The largest absolute Gasteiger partial charge is 0.417 e. The van der Waals surface area contributed by atoms with Crippen LogP contribution in [0.3, 0.4) is 0 Å². The molecule has 5 nitrogen and oxygen atoms in total. The average Bonchev–Trinajstić information content (AvgIpc) is 3.38. The minimum Gasteiger partial charge on any atom is -0.388 e. The van der Waals surface area contributed by atoms with Gasteiger partial charge in [0.1, 0.15) is 6.10 Å². The second-order valence-electron chi connectivity index (χ2n) is 12.2. The average molecular weight is 517 g/mol. The molecule has 1 spiro atoms. The van der Waals surface area contributed by atoms with Crippen LogP contribution < -0.4 is 0 Å². The Morgan fingerprint density at radius 1 is 1.08 bits per heavy atom. The van der Waals surface area contributed by atoms with Gasteiger partial charge in [0, 0.05) is 42.1 Å². The molecular formula is C29H35F3N2O3. The fraction of sp³-hybridized carbons (Fsp3) is 0.655. The molecule has 200 valence electrons. The van der Waals surface area contributed by atoms with Gasteiger partial charge in [-0.25, -0.2) is 0 Å². The van der Waals surface area contributed by atoms with E-state index in [1.807, 2.05) is 0 Å². The first kappa shape index (κ1) is 25.3. The molecule has 0 bridgehead atoms. The molecule has 1 N–H and O–H groups in total. The van der Waals surface area contributed by atoms with Gasteiger partial charge in [0.2, 0.25) is 0 Å². The number of alkyl halides is 3. The molecule has 4 heterocycles. The Balaban J connectivity index is 1.59. The van der Waals surface area contributed by atoms with E-state index >= 15 is 0 Å². The van der Waals surface area contributed by atoms with E-state index in [4.69, 9.17) is 14.5 Å². The molecule has 2 aromatic rings. The van der Waals surface area contributed by atoms with Gasteiger partial charge in [-0.1, -0.05) is 20.8 Å². The van der Waals surface area contributed by atoms with Crippen molar-refractivity contribution in [1.82, 2.24) is 9.97 Å². The molecule has 1 saturated heterocycles. The first-order chi connectivity index (χ1) is 17.5. The van der Waals surface area contributed by atoms with E-state index in [0.717, 1.165) is 78.9 Å². The fourth-order valence-electron chi connectivity index (χ4n) is 7.29. The number of fused-ring (bicyclic) bond motifs is 4. The van der Waals surface area contributed by atoms with Crippen molar-refractivity contribution in [2.45, 2.75) is 95.6 Å². The van der Waals surface area contributed by atoms with E-state index in [0.29, 0.717) is 25.3 Å². The third-order valence-corrected chi connectivity index (χ3v) is 9.09. The lowest BCUT2D eigenvalue weighted by Crippen LogP contribution is -2.34. The lowest BCUT2D eigenvalue weighted by atomic mass is 9.69. The van der Waals surface area contributed by atoms with Crippen LogP contribution in [0.5, 0.6) is 0 Å². The van der Waals surface area contributed by atoms with Crippen molar-refractivity contribution < 1.29 is 27.8 Å². The molecule has 0 aromatic carbocycles. The van der Waals surface area contributed by atoms with Crippen LogP contribution in [0, 0.1) is 11.3 Å². The summed E-state index contributed by atoms with van der Waals surface area (Å²) in [5.74, 6) is 0.379. The highest BCUT2D eigenvalue weighted by Crippen LogP contribution is 2.61. The maximum absolute atomic E-state index is 13.3. The minimum atomic E-state index is -4.45. The Labute approximate surface area is 215 Å². The summed E-state index contributed by atoms with van der Waals surface area (Å²) in [5.41, 5.74) is 3.81. The summed E-state index contributed by atoms with van der Waals surface area (Å²) in [6.45, 7) is 7.83. The zero-order valence-electron chi connectivity index (χ0n) is 21.7. The molecule has 0 amide bonds. The third kappa shape index (κ3) is 4.10. The zero-order valence-corrected chi connectivity index (χ0v) is 21.7. The van der Waals surface area contributed by atoms with E-state index in [2.05, 4.69) is 25.8 Å². The van der Waals surface area contributed by atoms with Crippen LogP contribution in [0.2, 0.25) is 0 Å². The van der Waals surface area contributed by atoms with E-state index in [9.17, 15) is 18.3 Å². The lowest BCUT2D eigenvalue weighted by Gasteiger charge is -2.39. The molecule has 37 heavy (non-hydrogen) atoms. The molecule has 6 rings (SSSR count). The highest BCUT2D eigenvalue weighted by atomic mass is 19.4. The van der Waals surface area contributed by atoms with Gasteiger partial charge in [0.25, 0.3) is 0 Å². The number of hydrogen-bond acceptors (Lipinski definition) is 5. The Bertz CT molecular complexity index is 1190. The van der Waals surface area contributed by atoms with Gasteiger partial charge in [0.15, 0.2) is 0 Å². The van der Waals surface area contributed by atoms with Crippen LogP contribution in [0.25, 0.3) is 0 Å². The number of halogens is 3.